The van der Waals surface area contributed by atoms with Crippen LogP contribution in [0.3, 0.4) is 0 Å². The molecule has 0 atom stereocenters. The summed E-state index contributed by atoms with van der Waals surface area (Å²) in [5.74, 6) is 0. The van der Waals surface area contributed by atoms with E-state index in [1.807, 2.05) is 6.92 Å². The topological polar surface area (TPSA) is 52.0 Å². The fourth-order valence-electron chi connectivity index (χ4n) is 1.01. The van der Waals surface area contributed by atoms with Gasteiger partial charge in [-0.1, -0.05) is 13.3 Å². The quantitative estimate of drug-likeness (QED) is 0.728. The van der Waals surface area contributed by atoms with Crippen LogP contribution in [0.15, 0.2) is 17.6 Å². The van der Waals surface area contributed by atoms with Crippen LogP contribution >= 0.6 is 10.7 Å². The highest BCUT2D eigenvalue weighted by atomic mass is 35.7. The Morgan fingerprint density at radius 2 is 2.31 bits per heavy atom. The molecular formula is C7H11ClN2O2S. The fraction of sp³-hybridized carbons (Fsp3) is 0.571. The molecular weight excluding hydrogens is 212 g/mol. The Morgan fingerprint density at radius 1 is 1.62 bits per heavy atom. The maximum atomic E-state index is 11.0. The molecule has 0 bridgehead atoms. The second-order valence-corrected chi connectivity index (χ2v) is 5.23. The lowest BCUT2D eigenvalue weighted by Gasteiger charge is -2.03. The Labute approximate surface area is 82.0 Å². The first-order valence-corrected chi connectivity index (χ1v) is 6.31. The third kappa shape index (κ3) is 2.70. The lowest BCUT2D eigenvalue weighted by atomic mass is 10.3. The molecule has 1 heterocycles. The van der Waals surface area contributed by atoms with Gasteiger partial charge in [-0.15, -0.1) is 0 Å². The average Bonchev–Trinajstić information content (AvgIpc) is 2.47. The Bertz CT molecular complexity index is 372. The summed E-state index contributed by atoms with van der Waals surface area (Å²) in [7, 11) is 1.55. The second kappa shape index (κ2) is 4.11. The summed E-state index contributed by atoms with van der Waals surface area (Å²) < 4.78 is 23.5. The molecule has 0 saturated heterocycles. The largest absolute Gasteiger partial charge is 0.321 e. The zero-order valence-corrected chi connectivity index (χ0v) is 8.85. The van der Waals surface area contributed by atoms with Gasteiger partial charge < -0.3 is 4.57 Å². The minimum absolute atomic E-state index is 0.0719. The van der Waals surface area contributed by atoms with Crippen LogP contribution in [0.25, 0.3) is 0 Å². The molecule has 0 aliphatic heterocycles. The highest BCUT2D eigenvalue weighted by Gasteiger charge is 2.15. The first-order chi connectivity index (χ1) is 6.05. The van der Waals surface area contributed by atoms with Crippen molar-refractivity contribution in [1.29, 1.82) is 0 Å². The molecule has 0 aromatic carbocycles. The molecule has 0 amide bonds. The number of aromatic nitrogens is 2. The number of imidazole rings is 1. The summed E-state index contributed by atoms with van der Waals surface area (Å²) >= 11 is 0. The van der Waals surface area contributed by atoms with Crippen molar-refractivity contribution in [2.24, 2.45) is 0 Å². The number of hydrogen-bond donors (Lipinski definition) is 0. The van der Waals surface area contributed by atoms with Crippen LogP contribution in [0.1, 0.15) is 19.8 Å². The summed E-state index contributed by atoms with van der Waals surface area (Å²) in [5, 5.41) is 0.0719. The molecule has 74 valence electrons. The molecule has 0 saturated carbocycles. The Kier molecular flexibility index (Phi) is 3.33. The summed E-state index contributed by atoms with van der Waals surface area (Å²) in [6.45, 7) is 2.67. The van der Waals surface area contributed by atoms with Gasteiger partial charge in [-0.25, -0.2) is 13.4 Å². The summed E-state index contributed by atoms with van der Waals surface area (Å²) in [6.07, 6.45) is 4.65. The lowest BCUT2D eigenvalue weighted by Crippen LogP contribution is -2.03. The third-order valence-corrected chi connectivity index (χ3v) is 2.99. The van der Waals surface area contributed by atoms with E-state index in [0.29, 0.717) is 6.54 Å². The van der Waals surface area contributed by atoms with Crippen LogP contribution in [-0.2, 0) is 15.6 Å². The van der Waals surface area contributed by atoms with Gasteiger partial charge in [0.15, 0.2) is 5.03 Å². The molecule has 0 aliphatic rings. The van der Waals surface area contributed by atoms with Gasteiger partial charge in [0, 0.05) is 17.2 Å². The van der Waals surface area contributed by atoms with Crippen LogP contribution < -0.4 is 0 Å². The molecule has 0 fully saturated rings. The molecule has 1 aromatic rings. The van der Waals surface area contributed by atoms with Crippen LogP contribution in [-0.4, -0.2) is 18.0 Å². The molecule has 0 N–H and O–H groups in total. The molecule has 4 nitrogen and oxygen atoms in total. The van der Waals surface area contributed by atoms with E-state index in [0.717, 1.165) is 12.8 Å². The van der Waals surface area contributed by atoms with Gasteiger partial charge in [0.1, 0.15) is 0 Å². The molecule has 13 heavy (non-hydrogen) atoms. The first-order valence-electron chi connectivity index (χ1n) is 4.00. The zero-order chi connectivity index (χ0) is 9.90. The van der Waals surface area contributed by atoms with Gasteiger partial charge in [0.2, 0.25) is 0 Å². The van der Waals surface area contributed by atoms with E-state index in [2.05, 4.69) is 4.98 Å². The van der Waals surface area contributed by atoms with E-state index in [4.69, 9.17) is 10.7 Å². The van der Waals surface area contributed by atoms with Crippen molar-refractivity contribution in [3.8, 4) is 0 Å². The number of aryl methyl sites for hydroxylation is 1. The number of unbranched alkanes of at least 4 members (excludes halogenated alkanes) is 1. The van der Waals surface area contributed by atoms with Crippen molar-refractivity contribution < 1.29 is 8.42 Å². The van der Waals surface area contributed by atoms with E-state index in [1.165, 1.54) is 12.5 Å². The highest BCUT2D eigenvalue weighted by molar-refractivity contribution is 8.13. The highest BCUT2D eigenvalue weighted by Crippen LogP contribution is 2.14. The van der Waals surface area contributed by atoms with E-state index in [-0.39, 0.29) is 5.03 Å². The van der Waals surface area contributed by atoms with Crippen molar-refractivity contribution in [3.05, 3.63) is 12.5 Å². The molecule has 0 unspecified atom stereocenters. The Hall–Kier alpha value is -0.550. The van der Waals surface area contributed by atoms with E-state index < -0.39 is 9.05 Å². The molecule has 0 radical (unpaired) electrons. The number of halogens is 1. The third-order valence-electron chi connectivity index (χ3n) is 1.68. The van der Waals surface area contributed by atoms with Crippen molar-refractivity contribution in [3.63, 3.8) is 0 Å². The lowest BCUT2D eigenvalue weighted by molar-refractivity contribution is 0.565. The van der Waals surface area contributed by atoms with Crippen molar-refractivity contribution in [2.75, 3.05) is 0 Å². The van der Waals surface area contributed by atoms with Crippen LogP contribution in [0, 0.1) is 0 Å². The Balaban J connectivity index is 2.90. The monoisotopic (exact) mass is 222 g/mol. The number of rotatable bonds is 4. The maximum Gasteiger partial charge on any atom is 0.278 e. The first kappa shape index (κ1) is 10.5. The van der Waals surface area contributed by atoms with E-state index >= 15 is 0 Å². The molecule has 6 heteroatoms. The summed E-state index contributed by atoms with van der Waals surface area (Å²) in [4.78, 5) is 3.74. The van der Waals surface area contributed by atoms with Gasteiger partial charge in [-0.05, 0) is 6.42 Å². The minimum atomic E-state index is -3.65. The second-order valence-electron chi connectivity index (χ2n) is 2.72. The number of nitrogens with zero attached hydrogens (tertiary/aromatic N) is 2. The van der Waals surface area contributed by atoms with E-state index in [1.54, 1.807) is 4.57 Å². The van der Waals surface area contributed by atoms with Crippen LogP contribution in [0.2, 0.25) is 0 Å². The molecule has 0 aliphatic carbocycles. The van der Waals surface area contributed by atoms with Gasteiger partial charge in [-0.2, -0.15) is 0 Å². The SMILES string of the molecule is CCCCn1cncc1S(=O)(=O)Cl. The average molecular weight is 223 g/mol. The van der Waals surface area contributed by atoms with Crippen LogP contribution in [0.5, 0.6) is 0 Å². The fourth-order valence-corrected chi connectivity index (χ4v) is 2.00. The van der Waals surface area contributed by atoms with Crippen molar-refractivity contribution in [2.45, 2.75) is 31.3 Å². The standard InChI is InChI=1S/C7H11ClN2O2S/c1-2-3-4-10-6-9-5-7(10)13(8,11)12/h5-6H,2-4H2,1H3. The normalized spacial score (nSPS) is 11.8. The van der Waals surface area contributed by atoms with Gasteiger partial charge in [0.05, 0.1) is 12.5 Å². The minimum Gasteiger partial charge on any atom is -0.321 e. The molecule has 1 aromatic heterocycles. The van der Waals surface area contributed by atoms with Gasteiger partial charge >= 0.3 is 0 Å². The van der Waals surface area contributed by atoms with Crippen molar-refractivity contribution in [1.82, 2.24) is 9.55 Å². The molecule has 1 rings (SSSR count). The summed E-state index contributed by atoms with van der Waals surface area (Å²) in [6, 6.07) is 0. The number of hydrogen-bond acceptors (Lipinski definition) is 3. The maximum absolute atomic E-state index is 11.0. The zero-order valence-electron chi connectivity index (χ0n) is 7.27. The summed E-state index contributed by atoms with van der Waals surface area (Å²) in [5.41, 5.74) is 0. The van der Waals surface area contributed by atoms with Crippen LogP contribution in [0.4, 0.5) is 0 Å². The predicted octanol–water partition coefficient (Wildman–Crippen LogP) is 1.61. The molecule has 0 spiro atoms. The Morgan fingerprint density at radius 3 is 2.85 bits per heavy atom. The predicted molar refractivity (Wildman–Crippen MR) is 50.2 cm³/mol. The van der Waals surface area contributed by atoms with Gasteiger partial charge in [0.25, 0.3) is 9.05 Å². The smallest absolute Gasteiger partial charge is 0.278 e. The van der Waals surface area contributed by atoms with Crippen molar-refractivity contribution >= 4 is 19.7 Å². The van der Waals surface area contributed by atoms with Gasteiger partial charge in [-0.3, -0.25) is 0 Å². The van der Waals surface area contributed by atoms with E-state index in [9.17, 15) is 8.42 Å².